The number of para-hydroxylation sites is 1. The molecular formula is C15H11N3S3. The van der Waals surface area contributed by atoms with Crippen LogP contribution in [0.4, 0.5) is 5.69 Å². The fourth-order valence-electron chi connectivity index (χ4n) is 1.93. The highest BCUT2D eigenvalue weighted by Crippen LogP contribution is 2.54. The average Bonchev–Trinajstić information content (AvgIpc) is 3.07. The summed E-state index contributed by atoms with van der Waals surface area (Å²) in [7, 11) is 3.53. The van der Waals surface area contributed by atoms with Crippen LogP contribution in [0, 0.1) is 0 Å². The zero-order valence-corrected chi connectivity index (χ0v) is 13.3. The summed E-state index contributed by atoms with van der Waals surface area (Å²) in [6.07, 6.45) is 0. The van der Waals surface area contributed by atoms with Gasteiger partial charge in [0.1, 0.15) is 5.04 Å². The maximum atomic E-state index is 4.67. The topological polar surface area (TPSA) is 36.8 Å². The van der Waals surface area contributed by atoms with E-state index in [-0.39, 0.29) is 8.55 Å². The lowest BCUT2D eigenvalue weighted by molar-refractivity contribution is 1.57. The van der Waals surface area contributed by atoms with Crippen LogP contribution in [0.1, 0.15) is 5.56 Å². The van der Waals surface area contributed by atoms with Crippen LogP contribution in [-0.2, 0) is 0 Å². The second-order valence-corrected chi connectivity index (χ2v) is 9.95. The molecular weight excluding hydrogens is 318 g/mol. The molecule has 2 aromatic carbocycles. The number of amidine groups is 1. The van der Waals surface area contributed by atoms with Gasteiger partial charge in [0.05, 0.1) is 0 Å². The van der Waals surface area contributed by atoms with Crippen molar-refractivity contribution >= 4 is 51.1 Å². The number of benzene rings is 2. The Hall–Kier alpha value is -1.50. The van der Waals surface area contributed by atoms with Gasteiger partial charge in [0.15, 0.2) is 5.17 Å². The van der Waals surface area contributed by atoms with Gasteiger partial charge < -0.3 is 5.32 Å². The summed E-state index contributed by atoms with van der Waals surface area (Å²) < 4.78 is 0. The zero-order chi connectivity index (χ0) is 14.1. The first-order chi connectivity index (χ1) is 10.4. The normalized spacial score (nSPS) is 20.0. The summed E-state index contributed by atoms with van der Waals surface area (Å²) >= 11 is 0. The van der Waals surface area contributed by atoms with E-state index in [9.17, 15) is 0 Å². The number of rotatable bonds is 2. The monoisotopic (exact) mass is 329 g/mol. The quantitative estimate of drug-likeness (QED) is 0.647. The first-order valence-corrected chi connectivity index (χ1v) is 10.3. The van der Waals surface area contributed by atoms with Gasteiger partial charge in [-0.1, -0.05) is 48.5 Å². The van der Waals surface area contributed by atoms with Crippen molar-refractivity contribution in [2.24, 2.45) is 9.98 Å². The van der Waals surface area contributed by atoms with E-state index in [0.29, 0.717) is 0 Å². The van der Waals surface area contributed by atoms with Crippen molar-refractivity contribution in [3.8, 4) is 0 Å². The standard InChI is InChI=1S/C15H11N3S3/c1-3-7-11(8-4-1)13-17-15-18-14(20-21(15)19-13)16-12-9-5-2-6-10-12/h1-10H,(H,16,18). The molecule has 2 aromatic rings. The van der Waals surface area contributed by atoms with E-state index >= 15 is 0 Å². The van der Waals surface area contributed by atoms with E-state index in [1.165, 1.54) is 5.56 Å². The number of hydrogen-bond donors (Lipinski definition) is 1. The molecule has 104 valence electrons. The van der Waals surface area contributed by atoms with Gasteiger partial charge >= 0.3 is 0 Å². The van der Waals surface area contributed by atoms with Crippen molar-refractivity contribution < 1.29 is 0 Å². The van der Waals surface area contributed by atoms with Crippen molar-refractivity contribution in [3.05, 3.63) is 66.2 Å². The maximum absolute atomic E-state index is 4.67. The Morgan fingerprint density at radius 3 is 2.24 bits per heavy atom. The summed E-state index contributed by atoms with van der Waals surface area (Å²) in [5.74, 6) is 0. The van der Waals surface area contributed by atoms with Crippen LogP contribution in [0.15, 0.2) is 70.6 Å². The number of nitrogens with one attached hydrogen (secondary N) is 1. The third-order valence-electron chi connectivity index (χ3n) is 2.90. The third kappa shape index (κ3) is 2.79. The molecule has 0 radical (unpaired) electrons. The average molecular weight is 329 g/mol. The minimum absolute atomic E-state index is 0.0221. The minimum atomic E-state index is -0.0221. The number of anilines is 1. The summed E-state index contributed by atoms with van der Waals surface area (Å²) in [5, 5.41) is 6.28. The molecule has 0 spiro atoms. The second-order valence-electron chi connectivity index (χ2n) is 4.37. The van der Waals surface area contributed by atoms with E-state index in [4.69, 9.17) is 0 Å². The first kappa shape index (κ1) is 13.2. The van der Waals surface area contributed by atoms with Crippen LogP contribution < -0.4 is 5.32 Å². The molecule has 1 atom stereocenters. The van der Waals surface area contributed by atoms with E-state index < -0.39 is 0 Å². The molecule has 2 aliphatic rings. The van der Waals surface area contributed by atoms with Crippen LogP contribution in [-0.4, -0.2) is 15.3 Å². The van der Waals surface area contributed by atoms with Crippen molar-refractivity contribution in [3.63, 3.8) is 0 Å². The molecule has 0 amide bonds. The Morgan fingerprint density at radius 2 is 1.52 bits per heavy atom. The molecule has 2 aliphatic heterocycles. The highest BCUT2D eigenvalue weighted by Gasteiger charge is 2.26. The van der Waals surface area contributed by atoms with Gasteiger partial charge in [-0.3, -0.25) is 0 Å². The Labute approximate surface area is 132 Å². The van der Waals surface area contributed by atoms with E-state index in [1.54, 1.807) is 21.6 Å². The van der Waals surface area contributed by atoms with Gasteiger partial charge in [-0.25, -0.2) is 4.99 Å². The van der Waals surface area contributed by atoms with Gasteiger partial charge in [-0.15, -0.1) is 0 Å². The fourth-order valence-corrected chi connectivity index (χ4v) is 7.45. The predicted octanol–water partition coefficient (Wildman–Crippen LogP) is 4.58. The fraction of sp³-hybridized carbons (Fsp3) is 0. The first-order valence-electron chi connectivity index (χ1n) is 6.41. The molecule has 3 nitrogen and oxygen atoms in total. The van der Waals surface area contributed by atoms with Crippen LogP contribution in [0.3, 0.4) is 0 Å². The van der Waals surface area contributed by atoms with Crippen molar-refractivity contribution in [1.29, 1.82) is 0 Å². The second kappa shape index (κ2) is 5.71. The minimum Gasteiger partial charge on any atom is -0.334 e. The molecule has 0 fully saturated rings. The molecule has 2 heterocycles. The smallest absolute Gasteiger partial charge is 0.202 e. The Bertz CT molecular complexity index is 767. The Balaban J connectivity index is 1.52. The molecule has 0 saturated carbocycles. The van der Waals surface area contributed by atoms with Crippen LogP contribution in [0.2, 0.25) is 0 Å². The van der Waals surface area contributed by atoms with Gasteiger partial charge in [-0.05, 0) is 42.3 Å². The van der Waals surface area contributed by atoms with Gasteiger partial charge in [0, 0.05) is 11.3 Å². The lowest BCUT2D eigenvalue weighted by Crippen LogP contribution is -2.06. The molecule has 4 rings (SSSR count). The molecule has 1 unspecified atom stereocenters. The predicted molar refractivity (Wildman–Crippen MR) is 98.3 cm³/mol. The summed E-state index contributed by atoms with van der Waals surface area (Å²) in [4.78, 5) is 9.28. The molecule has 21 heavy (non-hydrogen) atoms. The molecule has 0 aromatic heterocycles. The molecule has 0 aliphatic carbocycles. The van der Waals surface area contributed by atoms with Gasteiger partial charge in [-0.2, -0.15) is 4.99 Å². The molecule has 0 bridgehead atoms. The van der Waals surface area contributed by atoms with E-state index in [0.717, 1.165) is 21.0 Å². The molecule has 1 N–H and O–H groups in total. The largest absolute Gasteiger partial charge is 0.334 e. The van der Waals surface area contributed by atoms with Crippen LogP contribution >= 0.6 is 30.1 Å². The number of aliphatic imine (C=N–C) groups is 2. The van der Waals surface area contributed by atoms with Gasteiger partial charge in [0.25, 0.3) is 0 Å². The van der Waals surface area contributed by atoms with Crippen LogP contribution in [0.5, 0.6) is 0 Å². The summed E-state index contributed by atoms with van der Waals surface area (Å²) in [6.45, 7) is 0. The number of nitrogens with zero attached hydrogens (tertiary/aromatic N) is 2. The van der Waals surface area contributed by atoms with E-state index in [1.807, 2.05) is 48.5 Å². The lowest BCUT2D eigenvalue weighted by atomic mass is 10.2. The number of hydrogen-bond acceptors (Lipinski definition) is 5. The maximum Gasteiger partial charge on any atom is 0.202 e. The van der Waals surface area contributed by atoms with E-state index in [2.05, 4.69) is 27.4 Å². The third-order valence-corrected chi connectivity index (χ3v) is 8.49. The van der Waals surface area contributed by atoms with Crippen molar-refractivity contribution in [1.82, 2.24) is 0 Å². The molecule has 6 heteroatoms. The van der Waals surface area contributed by atoms with Gasteiger partial charge in [0.2, 0.25) is 5.11 Å². The highest BCUT2D eigenvalue weighted by molar-refractivity contribution is 9.21. The van der Waals surface area contributed by atoms with Crippen molar-refractivity contribution in [2.45, 2.75) is 0 Å². The Morgan fingerprint density at radius 1 is 0.810 bits per heavy atom. The Kier molecular flexibility index (Phi) is 3.58. The summed E-state index contributed by atoms with van der Waals surface area (Å²) in [5.41, 5.74) is 2.23. The van der Waals surface area contributed by atoms with Crippen LogP contribution in [0.25, 0.3) is 0 Å². The molecule has 0 saturated heterocycles. The zero-order valence-electron chi connectivity index (χ0n) is 10.9. The highest BCUT2D eigenvalue weighted by atomic mass is 33.5. The van der Waals surface area contributed by atoms with Crippen molar-refractivity contribution in [2.75, 3.05) is 5.32 Å². The summed E-state index contributed by atoms with van der Waals surface area (Å²) in [6, 6.07) is 20.4. The SMILES string of the molecule is c1ccc(NC2=NC3=S(S2)SC(c2ccccc2)=N3)cc1. The lowest BCUT2D eigenvalue weighted by Gasteiger charge is -2.06.